The zero-order valence-electron chi connectivity index (χ0n) is 16.5. The van der Waals surface area contributed by atoms with Crippen molar-refractivity contribution in [1.82, 2.24) is 15.5 Å². The molecule has 1 amide bonds. The summed E-state index contributed by atoms with van der Waals surface area (Å²) in [5.74, 6) is 0.764. The fraction of sp³-hybridized carbons (Fsp3) is 0.273. The van der Waals surface area contributed by atoms with Gasteiger partial charge in [0.25, 0.3) is 5.91 Å². The van der Waals surface area contributed by atoms with Gasteiger partial charge in [-0.3, -0.25) is 9.89 Å². The topological polar surface area (TPSA) is 70.2 Å². The number of amides is 1. The van der Waals surface area contributed by atoms with E-state index in [2.05, 4.69) is 20.4 Å². The minimum Gasteiger partial charge on any atom is -0.497 e. The number of hydrogen-bond acceptors (Lipinski definition) is 4. The van der Waals surface area contributed by atoms with E-state index in [1.807, 2.05) is 30.3 Å². The van der Waals surface area contributed by atoms with Gasteiger partial charge < -0.3 is 15.0 Å². The Morgan fingerprint density at radius 1 is 1.27 bits per heavy atom. The number of carbonyl (C=O) groups excluding carboxylic acids is 1. The van der Waals surface area contributed by atoms with E-state index >= 15 is 0 Å². The Hall–Kier alpha value is -3.06. The Morgan fingerprint density at radius 2 is 2.07 bits per heavy atom. The van der Waals surface area contributed by atoms with Crippen molar-refractivity contribution in [2.24, 2.45) is 0 Å². The molecule has 2 heterocycles. The van der Waals surface area contributed by atoms with Gasteiger partial charge in [0.15, 0.2) is 5.82 Å². The molecule has 1 aromatic heterocycles. The first-order chi connectivity index (χ1) is 14.5. The predicted molar refractivity (Wildman–Crippen MR) is 115 cm³/mol. The van der Waals surface area contributed by atoms with Crippen LogP contribution in [0.4, 0.5) is 10.2 Å². The maximum Gasteiger partial charge on any atom is 0.253 e. The van der Waals surface area contributed by atoms with Gasteiger partial charge >= 0.3 is 0 Å². The SMILES string of the molecule is COc1ccc(-c2cc(N3CCC[C@@H](NC(=O)c4cc(F)ccc4Cl)C3)n[nH]2)cc1. The van der Waals surface area contributed by atoms with Crippen LogP contribution in [0, 0.1) is 5.82 Å². The molecule has 1 aliphatic heterocycles. The Bertz CT molecular complexity index is 1040. The molecule has 0 bridgehead atoms. The van der Waals surface area contributed by atoms with E-state index in [4.69, 9.17) is 16.3 Å². The highest BCUT2D eigenvalue weighted by molar-refractivity contribution is 6.33. The fourth-order valence-corrected chi connectivity index (χ4v) is 3.83. The van der Waals surface area contributed by atoms with E-state index in [-0.39, 0.29) is 22.5 Å². The summed E-state index contributed by atoms with van der Waals surface area (Å²) in [5.41, 5.74) is 2.07. The fourth-order valence-electron chi connectivity index (χ4n) is 3.63. The molecule has 30 heavy (non-hydrogen) atoms. The van der Waals surface area contributed by atoms with Crippen LogP contribution in [0.3, 0.4) is 0 Å². The molecule has 1 saturated heterocycles. The average molecular weight is 429 g/mol. The van der Waals surface area contributed by atoms with Gasteiger partial charge in [-0.25, -0.2) is 4.39 Å². The number of benzene rings is 2. The molecule has 0 saturated carbocycles. The summed E-state index contributed by atoms with van der Waals surface area (Å²) in [7, 11) is 1.64. The van der Waals surface area contributed by atoms with Gasteiger partial charge in [-0.1, -0.05) is 11.6 Å². The highest BCUT2D eigenvalue weighted by atomic mass is 35.5. The van der Waals surface area contributed by atoms with E-state index in [1.54, 1.807) is 7.11 Å². The van der Waals surface area contributed by atoms with Crippen LogP contribution in [0.5, 0.6) is 5.75 Å². The van der Waals surface area contributed by atoms with Crippen LogP contribution in [-0.2, 0) is 0 Å². The molecule has 0 aliphatic carbocycles. The summed E-state index contributed by atoms with van der Waals surface area (Å²) < 4.78 is 18.7. The quantitative estimate of drug-likeness (QED) is 0.636. The van der Waals surface area contributed by atoms with Gasteiger partial charge in [0.05, 0.1) is 23.4 Å². The number of ether oxygens (including phenoxy) is 1. The maximum absolute atomic E-state index is 13.5. The van der Waals surface area contributed by atoms with Crippen molar-refractivity contribution in [2.75, 3.05) is 25.1 Å². The Balaban J connectivity index is 1.43. The molecule has 0 spiro atoms. The number of aromatic amines is 1. The van der Waals surface area contributed by atoms with Crippen LogP contribution in [0.25, 0.3) is 11.3 Å². The molecule has 4 rings (SSSR count). The predicted octanol–water partition coefficient (Wildman–Crippen LogP) is 4.28. The van der Waals surface area contributed by atoms with Gasteiger partial charge in [0.2, 0.25) is 0 Å². The molecule has 8 heteroatoms. The van der Waals surface area contributed by atoms with Gasteiger partial charge in [0, 0.05) is 25.2 Å². The van der Waals surface area contributed by atoms with Crippen LogP contribution in [0.2, 0.25) is 5.02 Å². The summed E-state index contributed by atoms with van der Waals surface area (Å²) in [6.07, 6.45) is 1.75. The summed E-state index contributed by atoms with van der Waals surface area (Å²) in [5, 5.41) is 10.7. The molecule has 0 unspecified atom stereocenters. The van der Waals surface area contributed by atoms with E-state index in [9.17, 15) is 9.18 Å². The molecule has 2 aromatic carbocycles. The molecular weight excluding hydrogens is 407 g/mol. The number of rotatable bonds is 5. The number of hydrogen-bond donors (Lipinski definition) is 2. The van der Waals surface area contributed by atoms with Crippen molar-refractivity contribution in [3.05, 3.63) is 64.9 Å². The van der Waals surface area contributed by atoms with E-state index in [0.717, 1.165) is 48.3 Å². The summed E-state index contributed by atoms with van der Waals surface area (Å²) in [6.45, 7) is 1.46. The molecule has 0 radical (unpaired) electrons. The van der Waals surface area contributed by atoms with Crippen molar-refractivity contribution >= 4 is 23.3 Å². The van der Waals surface area contributed by atoms with Crippen molar-refractivity contribution in [1.29, 1.82) is 0 Å². The van der Waals surface area contributed by atoms with Crippen LogP contribution < -0.4 is 15.0 Å². The molecule has 1 aliphatic rings. The smallest absolute Gasteiger partial charge is 0.253 e. The number of nitrogens with zero attached hydrogens (tertiary/aromatic N) is 2. The van der Waals surface area contributed by atoms with E-state index < -0.39 is 5.82 Å². The second-order valence-corrected chi connectivity index (χ2v) is 7.66. The highest BCUT2D eigenvalue weighted by Gasteiger charge is 2.24. The third-order valence-electron chi connectivity index (χ3n) is 5.22. The minimum absolute atomic E-state index is 0.0771. The van der Waals surface area contributed by atoms with Gasteiger partial charge in [-0.15, -0.1) is 0 Å². The molecule has 1 fully saturated rings. The number of piperidine rings is 1. The summed E-state index contributed by atoms with van der Waals surface area (Å²) in [6, 6.07) is 13.5. The highest BCUT2D eigenvalue weighted by Crippen LogP contribution is 2.26. The van der Waals surface area contributed by atoms with Gasteiger partial charge in [-0.05, 0) is 60.9 Å². The number of H-pyrrole nitrogens is 1. The third kappa shape index (κ3) is 4.41. The van der Waals surface area contributed by atoms with Crippen LogP contribution in [-0.4, -0.2) is 42.3 Å². The third-order valence-corrected chi connectivity index (χ3v) is 5.55. The lowest BCUT2D eigenvalue weighted by Gasteiger charge is -2.33. The number of aromatic nitrogens is 2. The summed E-state index contributed by atoms with van der Waals surface area (Å²) in [4.78, 5) is 14.7. The number of nitrogens with one attached hydrogen (secondary N) is 2. The molecule has 3 aromatic rings. The van der Waals surface area contributed by atoms with Crippen molar-refractivity contribution in [3.63, 3.8) is 0 Å². The average Bonchev–Trinajstić information content (AvgIpc) is 3.26. The van der Waals surface area contributed by atoms with Crippen molar-refractivity contribution < 1.29 is 13.9 Å². The van der Waals surface area contributed by atoms with Crippen LogP contribution in [0.15, 0.2) is 48.5 Å². The van der Waals surface area contributed by atoms with E-state index in [0.29, 0.717) is 6.54 Å². The molecule has 6 nitrogen and oxygen atoms in total. The lowest BCUT2D eigenvalue weighted by molar-refractivity contribution is 0.0933. The minimum atomic E-state index is -0.489. The zero-order valence-corrected chi connectivity index (χ0v) is 17.2. The molecule has 1 atom stereocenters. The van der Waals surface area contributed by atoms with Crippen LogP contribution >= 0.6 is 11.6 Å². The lowest BCUT2D eigenvalue weighted by atomic mass is 10.0. The standard InChI is InChI=1S/C22H22ClFN4O2/c1-30-17-7-4-14(5-8-17)20-12-21(27-26-20)28-10-2-3-16(13-28)25-22(29)18-11-15(24)6-9-19(18)23/h4-9,11-12,16H,2-3,10,13H2,1H3,(H,25,29)(H,26,27)/t16-/m1/s1. The monoisotopic (exact) mass is 428 g/mol. The zero-order chi connectivity index (χ0) is 21.1. The Morgan fingerprint density at radius 3 is 2.83 bits per heavy atom. The second-order valence-electron chi connectivity index (χ2n) is 7.25. The first-order valence-electron chi connectivity index (χ1n) is 9.74. The Labute approximate surface area is 179 Å². The van der Waals surface area contributed by atoms with Gasteiger partial charge in [-0.2, -0.15) is 5.10 Å². The molecule has 2 N–H and O–H groups in total. The maximum atomic E-state index is 13.5. The van der Waals surface area contributed by atoms with Crippen molar-refractivity contribution in [2.45, 2.75) is 18.9 Å². The normalized spacial score (nSPS) is 16.4. The largest absolute Gasteiger partial charge is 0.497 e. The van der Waals surface area contributed by atoms with Crippen LogP contribution in [0.1, 0.15) is 23.2 Å². The molecular formula is C22H22ClFN4O2. The molecule has 156 valence electrons. The number of anilines is 1. The lowest BCUT2D eigenvalue weighted by Crippen LogP contribution is -2.48. The Kier molecular flexibility index (Phi) is 5.90. The number of methoxy groups -OCH3 is 1. The summed E-state index contributed by atoms with van der Waals surface area (Å²) >= 11 is 6.05. The number of carbonyl (C=O) groups is 1. The van der Waals surface area contributed by atoms with Gasteiger partial charge in [0.1, 0.15) is 11.6 Å². The number of halogens is 2. The second kappa shape index (κ2) is 8.75. The first-order valence-corrected chi connectivity index (χ1v) is 10.1. The first kappa shape index (κ1) is 20.2. The van der Waals surface area contributed by atoms with Crippen molar-refractivity contribution in [3.8, 4) is 17.0 Å². The van der Waals surface area contributed by atoms with E-state index in [1.165, 1.54) is 12.1 Å².